The molecule has 0 amide bonds. The van der Waals surface area contributed by atoms with E-state index in [9.17, 15) is 0 Å². The van der Waals surface area contributed by atoms with Crippen molar-refractivity contribution >= 4 is 59.8 Å². The standard InChI is InChI=1S/C43H26BrClO/c1-46-38-24-37(45)36(44)23-33(38)28-19-20-31-34(21-28)40(26-13-6-3-7-14-26)42-32-18-10-17-30-29-16-9-8-15-27(29)22-35(41(30)32)43(42)39(31)25-11-4-2-5-12-25/h2-24H,1H3. The molecule has 0 saturated carbocycles. The average molecular weight is 674 g/mol. The molecule has 218 valence electrons. The highest BCUT2D eigenvalue weighted by Crippen LogP contribution is 2.59. The number of methoxy groups -OCH3 is 1. The van der Waals surface area contributed by atoms with Crippen LogP contribution in [0.2, 0.25) is 5.02 Å². The number of hydrogen-bond acceptors (Lipinski definition) is 1. The van der Waals surface area contributed by atoms with E-state index in [1.807, 2.05) is 6.07 Å². The number of hydrogen-bond donors (Lipinski definition) is 0. The highest BCUT2D eigenvalue weighted by atomic mass is 79.9. The first-order valence-electron chi connectivity index (χ1n) is 15.4. The lowest BCUT2D eigenvalue weighted by Gasteiger charge is -2.21. The Bertz CT molecular complexity index is 2520. The molecule has 0 N–H and O–H groups in total. The average Bonchev–Trinajstić information content (AvgIpc) is 3.43. The highest BCUT2D eigenvalue weighted by Gasteiger charge is 2.31. The first-order chi connectivity index (χ1) is 22.6. The molecule has 0 aliphatic heterocycles. The van der Waals surface area contributed by atoms with E-state index in [1.54, 1.807) is 7.11 Å². The fourth-order valence-electron chi connectivity index (χ4n) is 7.50. The number of ether oxygens (including phenoxy) is 1. The lowest BCUT2D eigenvalue weighted by atomic mass is 9.81. The Balaban J connectivity index is 1.50. The van der Waals surface area contributed by atoms with Gasteiger partial charge in [0.15, 0.2) is 0 Å². The van der Waals surface area contributed by atoms with E-state index in [1.165, 1.54) is 76.8 Å². The van der Waals surface area contributed by atoms with E-state index in [0.717, 1.165) is 21.3 Å². The second-order valence-corrected chi connectivity index (χ2v) is 13.1. The topological polar surface area (TPSA) is 9.23 Å². The van der Waals surface area contributed by atoms with Gasteiger partial charge in [0.2, 0.25) is 0 Å². The molecule has 8 aromatic rings. The lowest BCUT2D eigenvalue weighted by Crippen LogP contribution is -1.95. The maximum absolute atomic E-state index is 6.50. The van der Waals surface area contributed by atoms with Gasteiger partial charge in [-0.1, -0.05) is 127 Å². The van der Waals surface area contributed by atoms with Crippen LogP contribution >= 0.6 is 27.5 Å². The zero-order valence-corrected chi connectivity index (χ0v) is 27.3. The summed E-state index contributed by atoms with van der Waals surface area (Å²) in [4.78, 5) is 0. The summed E-state index contributed by atoms with van der Waals surface area (Å²) in [7, 11) is 1.70. The Hall–Kier alpha value is -4.89. The SMILES string of the molecule is COc1cc(Cl)c(Br)cc1-c1ccc2c(-c3ccccc3)c3c(c(-c4ccccc4)c2c1)-c1cccc2c1c-3cc1ccccc12. The smallest absolute Gasteiger partial charge is 0.128 e. The van der Waals surface area contributed by atoms with Gasteiger partial charge >= 0.3 is 0 Å². The molecular formula is C43H26BrClO. The summed E-state index contributed by atoms with van der Waals surface area (Å²) in [6.07, 6.45) is 0. The molecule has 0 bridgehead atoms. The summed E-state index contributed by atoms with van der Waals surface area (Å²) >= 11 is 10.2. The number of benzene rings is 8. The van der Waals surface area contributed by atoms with Crippen LogP contribution in [-0.2, 0) is 0 Å². The first-order valence-corrected chi connectivity index (χ1v) is 16.5. The number of halogens is 2. The van der Waals surface area contributed by atoms with Crippen LogP contribution in [0.25, 0.3) is 88.0 Å². The van der Waals surface area contributed by atoms with Crippen LogP contribution in [0, 0.1) is 0 Å². The van der Waals surface area contributed by atoms with Gasteiger partial charge in [-0.25, -0.2) is 0 Å². The van der Waals surface area contributed by atoms with Gasteiger partial charge in [0, 0.05) is 16.1 Å². The van der Waals surface area contributed by atoms with Gasteiger partial charge in [-0.2, -0.15) is 0 Å². The quantitative estimate of drug-likeness (QED) is 0.169. The van der Waals surface area contributed by atoms with Gasteiger partial charge in [0.25, 0.3) is 0 Å². The molecule has 0 heterocycles. The molecule has 46 heavy (non-hydrogen) atoms. The maximum atomic E-state index is 6.50. The summed E-state index contributed by atoms with van der Waals surface area (Å²) in [5.41, 5.74) is 12.1. The molecule has 0 spiro atoms. The zero-order valence-electron chi connectivity index (χ0n) is 24.9. The molecule has 1 nitrogen and oxygen atoms in total. The molecule has 1 aliphatic carbocycles. The second-order valence-electron chi connectivity index (χ2n) is 11.8. The second kappa shape index (κ2) is 10.6. The molecule has 0 radical (unpaired) electrons. The summed E-state index contributed by atoms with van der Waals surface area (Å²) in [6.45, 7) is 0. The minimum Gasteiger partial charge on any atom is -0.496 e. The van der Waals surface area contributed by atoms with Gasteiger partial charge in [-0.3, -0.25) is 0 Å². The zero-order chi connectivity index (χ0) is 30.9. The Labute approximate surface area is 280 Å². The van der Waals surface area contributed by atoms with Crippen LogP contribution in [0.4, 0.5) is 0 Å². The van der Waals surface area contributed by atoms with E-state index in [0.29, 0.717) is 5.02 Å². The molecule has 1 aliphatic rings. The van der Waals surface area contributed by atoms with Crippen molar-refractivity contribution < 1.29 is 4.74 Å². The normalized spacial score (nSPS) is 11.8. The molecule has 0 unspecified atom stereocenters. The Morgan fingerprint density at radius 2 is 1.13 bits per heavy atom. The van der Waals surface area contributed by atoms with Crippen LogP contribution in [0.3, 0.4) is 0 Å². The molecule has 0 aromatic heterocycles. The van der Waals surface area contributed by atoms with Gasteiger partial charge in [0.05, 0.1) is 12.1 Å². The van der Waals surface area contributed by atoms with Crippen molar-refractivity contribution in [2.75, 3.05) is 7.11 Å². The lowest BCUT2D eigenvalue weighted by molar-refractivity contribution is 0.416. The summed E-state index contributed by atoms with van der Waals surface area (Å²) in [5.74, 6) is 0.738. The van der Waals surface area contributed by atoms with Crippen molar-refractivity contribution in [3.63, 3.8) is 0 Å². The van der Waals surface area contributed by atoms with Crippen LogP contribution in [0.1, 0.15) is 0 Å². The van der Waals surface area contributed by atoms with Crippen molar-refractivity contribution in [3.05, 3.63) is 149 Å². The van der Waals surface area contributed by atoms with Crippen LogP contribution in [0.5, 0.6) is 5.75 Å². The summed E-state index contributed by atoms with van der Waals surface area (Å²) in [6, 6.07) is 50.5. The van der Waals surface area contributed by atoms with Gasteiger partial charge < -0.3 is 4.74 Å². The highest BCUT2D eigenvalue weighted by molar-refractivity contribution is 9.10. The van der Waals surface area contributed by atoms with Crippen molar-refractivity contribution in [1.29, 1.82) is 0 Å². The van der Waals surface area contributed by atoms with E-state index in [4.69, 9.17) is 16.3 Å². The minimum atomic E-state index is 0.619. The van der Waals surface area contributed by atoms with Crippen molar-refractivity contribution in [3.8, 4) is 61.4 Å². The third-order valence-electron chi connectivity index (χ3n) is 9.41. The molecule has 3 heteroatoms. The largest absolute Gasteiger partial charge is 0.496 e. The van der Waals surface area contributed by atoms with Crippen LogP contribution in [0.15, 0.2) is 144 Å². The van der Waals surface area contributed by atoms with Gasteiger partial charge in [-0.15, -0.1) is 0 Å². The fraction of sp³-hybridized carbons (Fsp3) is 0.0233. The summed E-state index contributed by atoms with van der Waals surface area (Å²) in [5, 5.41) is 8.19. The minimum absolute atomic E-state index is 0.619. The first kappa shape index (κ1) is 27.4. The number of rotatable bonds is 4. The number of fused-ring (bicyclic) bond motifs is 6. The van der Waals surface area contributed by atoms with Crippen molar-refractivity contribution in [1.82, 2.24) is 0 Å². The van der Waals surface area contributed by atoms with E-state index in [2.05, 4.69) is 149 Å². The molecule has 8 aromatic carbocycles. The monoisotopic (exact) mass is 672 g/mol. The van der Waals surface area contributed by atoms with Crippen LogP contribution < -0.4 is 4.74 Å². The Morgan fingerprint density at radius 3 is 1.87 bits per heavy atom. The third kappa shape index (κ3) is 4.00. The molecule has 0 fully saturated rings. The Morgan fingerprint density at radius 1 is 0.478 bits per heavy atom. The maximum Gasteiger partial charge on any atom is 0.128 e. The van der Waals surface area contributed by atoms with Crippen LogP contribution in [-0.4, -0.2) is 7.11 Å². The third-order valence-corrected chi connectivity index (χ3v) is 10.6. The van der Waals surface area contributed by atoms with E-state index < -0.39 is 0 Å². The van der Waals surface area contributed by atoms with Gasteiger partial charge in [-0.05, 0) is 117 Å². The summed E-state index contributed by atoms with van der Waals surface area (Å²) < 4.78 is 6.68. The van der Waals surface area contributed by atoms with Gasteiger partial charge in [0.1, 0.15) is 5.75 Å². The molecule has 0 saturated heterocycles. The molecular weight excluding hydrogens is 648 g/mol. The van der Waals surface area contributed by atoms with E-state index >= 15 is 0 Å². The predicted octanol–water partition coefficient (Wildman–Crippen LogP) is 13.2. The Kier molecular flexibility index (Phi) is 6.31. The molecule has 9 rings (SSSR count). The van der Waals surface area contributed by atoms with E-state index in [-0.39, 0.29) is 0 Å². The van der Waals surface area contributed by atoms with Crippen molar-refractivity contribution in [2.45, 2.75) is 0 Å². The molecule has 0 atom stereocenters. The fourth-order valence-corrected chi connectivity index (χ4v) is 7.99. The predicted molar refractivity (Wildman–Crippen MR) is 199 cm³/mol. The van der Waals surface area contributed by atoms with Crippen molar-refractivity contribution in [2.24, 2.45) is 0 Å².